The zero-order chi connectivity index (χ0) is 23.7. The van der Waals surface area contributed by atoms with Crippen LogP contribution in [-0.4, -0.2) is 46.5 Å². The molecule has 1 N–H and O–H groups in total. The van der Waals surface area contributed by atoms with Crippen molar-refractivity contribution in [2.24, 2.45) is 11.8 Å². The van der Waals surface area contributed by atoms with Crippen LogP contribution in [0.2, 0.25) is 5.02 Å². The monoisotopic (exact) mass is 496 g/mol. The third-order valence-electron chi connectivity index (χ3n) is 7.29. The number of nitrogens with one attached hydrogen (secondary N) is 1. The summed E-state index contributed by atoms with van der Waals surface area (Å²) >= 11 is 11.6. The number of halogens is 1. The van der Waals surface area contributed by atoms with E-state index in [2.05, 4.69) is 16.0 Å². The van der Waals surface area contributed by atoms with Gasteiger partial charge < -0.3 is 14.8 Å². The molecule has 6 nitrogen and oxygen atoms in total. The van der Waals surface area contributed by atoms with Crippen LogP contribution in [-0.2, 0) is 11.3 Å². The van der Waals surface area contributed by atoms with E-state index in [1.807, 2.05) is 47.4 Å². The first kappa shape index (κ1) is 23.1. The molecule has 0 bridgehead atoms. The number of hydrogen-bond acceptors (Lipinski definition) is 4. The predicted octanol–water partition coefficient (Wildman–Crippen LogP) is 4.87. The number of amides is 1. The highest BCUT2D eigenvalue weighted by atomic mass is 35.5. The van der Waals surface area contributed by atoms with Gasteiger partial charge in [-0.15, -0.1) is 0 Å². The molecule has 0 atom stereocenters. The first-order valence-corrected chi connectivity index (χ1v) is 12.8. The summed E-state index contributed by atoms with van der Waals surface area (Å²) in [5.74, 6) is 0.721. The van der Waals surface area contributed by atoms with Gasteiger partial charge in [0.2, 0.25) is 5.91 Å². The molecule has 178 valence electrons. The van der Waals surface area contributed by atoms with E-state index in [0.29, 0.717) is 22.6 Å². The molecule has 0 spiro atoms. The smallest absolute Gasteiger partial charge is 0.262 e. The number of aromatic nitrogens is 2. The highest BCUT2D eigenvalue weighted by Gasteiger charge is 2.31. The molecule has 2 aliphatic rings. The minimum Gasteiger partial charge on any atom is -0.368 e. The van der Waals surface area contributed by atoms with Crippen LogP contribution >= 0.6 is 23.8 Å². The van der Waals surface area contributed by atoms with Crippen LogP contribution in [0.15, 0.2) is 53.3 Å². The Balaban J connectivity index is 1.16. The minimum absolute atomic E-state index is 0.0323. The fourth-order valence-corrected chi connectivity index (χ4v) is 5.78. The fraction of sp³-hybridized carbons (Fsp3) is 0.423. The van der Waals surface area contributed by atoms with Gasteiger partial charge in [0.15, 0.2) is 4.77 Å². The average Bonchev–Trinajstić information content (AvgIpc) is 2.87. The van der Waals surface area contributed by atoms with Crippen LogP contribution in [0.4, 0.5) is 5.69 Å². The van der Waals surface area contributed by atoms with Gasteiger partial charge in [0, 0.05) is 49.4 Å². The Hall–Kier alpha value is -2.64. The summed E-state index contributed by atoms with van der Waals surface area (Å²) in [4.78, 5) is 33.6. The quantitative estimate of drug-likeness (QED) is 0.523. The molecule has 8 heteroatoms. The summed E-state index contributed by atoms with van der Waals surface area (Å²) in [7, 11) is 0. The van der Waals surface area contributed by atoms with Crippen molar-refractivity contribution >= 4 is 46.3 Å². The third-order valence-corrected chi connectivity index (χ3v) is 7.85. The Labute approximate surface area is 209 Å². The second-order valence-electron chi connectivity index (χ2n) is 9.40. The van der Waals surface area contributed by atoms with Crippen LogP contribution in [0, 0.1) is 16.6 Å². The molecule has 2 aromatic carbocycles. The zero-order valence-corrected chi connectivity index (χ0v) is 20.7. The van der Waals surface area contributed by atoms with Crippen molar-refractivity contribution < 1.29 is 4.79 Å². The number of nitrogens with zero attached hydrogens (tertiary/aromatic N) is 3. The lowest BCUT2D eigenvalue weighted by Gasteiger charge is -2.39. The summed E-state index contributed by atoms with van der Waals surface area (Å²) in [5.41, 5.74) is 1.86. The number of aromatic amines is 1. The summed E-state index contributed by atoms with van der Waals surface area (Å²) in [5, 5.41) is 1.40. The predicted molar refractivity (Wildman–Crippen MR) is 139 cm³/mol. The molecular weight excluding hydrogens is 468 g/mol. The van der Waals surface area contributed by atoms with Gasteiger partial charge >= 0.3 is 0 Å². The second-order valence-corrected chi connectivity index (χ2v) is 10.2. The van der Waals surface area contributed by atoms with E-state index in [9.17, 15) is 9.59 Å². The van der Waals surface area contributed by atoms with Crippen LogP contribution in [0.1, 0.15) is 25.7 Å². The van der Waals surface area contributed by atoms with Crippen LogP contribution in [0.3, 0.4) is 0 Å². The number of fused-ring (bicyclic) bond motifs is 1. The molecule has 34 heavy (non-hydrogen) atoms. The number of para-hydroxylation sites is 1. The molecule has 1 amide bonds. The van der Waals surface area contributed by atoms with Crippen LogP contribution < -0.4 is 10.5 Å². The topological polar surface area (TPSA) is 61.3 Å². The third kappa shape index (κ3) is 4.77. The van der Waals surface area contributed by atoms with Crippen molar-refractivity contribution in [3.63, 3.8) is 0 Å². The van der Waals surface area contributed by atoms with Gasteiger partial charge in [-0.1, -0.05) is 29.8 Å². The first-order chi connectivity index (χ1) is 16.5. The maximum absolute atomic E-state index is 13.2. The molecule has 2 heterocycles. The molecule has 2 fully saturated rings. The maximum atomic E-state index is 13.2. The van der Waals surface area contributed by atoms with Gasteiger partial charge in [-0.2, -0.15) is 0 Å². The molecule has 0 unspecified atom stereocenters. The van der Waals surface area contributed by atoms with Crippen molar-refractivity contribution in [1.29, 1.82) is 0 Å². The molecular formula is C26H29ClN4O2S. The second kappa shape index (κ2) is 9.92. The Bertz CT molecular complexity index is 1300. The largest absolute Gasteiger partial charge is 0.368 e. The van der Waals surface area contributed by atoms with E-state index >= 15 is 0 Å². The van der Waals surface area contributed by atoms with Gasteiger partial charge in [0.05, 0.1) is 10.9 Å². The number of carbonyl (C=O) groups excluding carboxylic acids is 1. The lowest BCUT2D eigenvalue weighted by atomic mass is 9.81. The van der Waals surface area contributed by atoms with Gasteiger partial charge in [-0.25, -0.2) is 0 Å². The van der Waals surface area contributed by atoms with Gasteiger partial charge in [-0.05, 0) is 74.2 Å². The fourth-order valence-electron chi connectivity index (χ4n) is 5.33. The number of carbonyl (C=O) groups is 1. The molecule has 5 rings (SSSR count). The summed E-state index contributed by atoms with van der Waals surface area (Å²) in [6.07, 6.45) is 3.62. The Morgan fingerprint density at radius 1 is 1.00 bits per heavy atom. The molecule has 3 aromatic rings. The Morgan fingerprint density at radius 2 is 1.74 bits per heavy atom. The molecule has 1 saturated carbocycles. The van der Waals surface area contributed by atoms with E-state index in [-0.39, 0.29) is 17.4 Å². The number of hydrogen-bond donors (Lipinski definition) is 1. The SMILES string of the molecule is O=C(C1CCC(Cn2c(=S)[nH]c3ccccc3c2=O)CC1)N1CCN(c2cccc(Cl)c2)CC1. The first-order valence-electron chi connectivity index (χ1n) is 12.0. The minimum atomic E-state index is -0.0323. The van der Waals surface area contributed by atoms with E-state index < -0.39 is 0 Å². The highest BCUT2D eigenvalue weighted by molar-refractivity contribution is 7.71. The molecule has 1 aromatic heterocycles. The molecule has 1 aliphatic carbocycles. The normalized spacial score (nSPS) is 21.1. The lowest BCUT2D eigenvalue weighted by Crippen LogP contribution is -2.50. The van der Waals surface area contributed by atoms with Crippen molar-refractivity contribution in [1.82, 2.24) is 14.5 Å². The molecule has 1 saturated heterocycles. The number of anilines is 1. The number of H-pyrrole nitrogens is 1. The van der Waals surface area contributed by atoms with E-state index in [0.717, 1.165) is 68.1 Å². The number of rotatable bonds is 4. The van der Waals surface area contributed by atoms with Gasteiger partial charge in [0.25, 0.3) is 5.56 Å². The maximum Gasteiger partial charge on any atom is 0.262 e. The van der Waals surface area contributed by atoms with E-state index in [1.54, 1.807) is 4.57 Å². The van der Waals surface area contributed by atoms with E-state index in [4.69, 9.17) is 23.8 Å². The van der Waals surface area contributed by atoms with Crippen molar-refractivity contribution in [2.75, 3.05) is 31.1 Å². The zero-order valence-electron chi connectivity index (χ0n) is 19.1. The number of benzene rings is 2. The van der Waals surface area contributed by atoms with Crippen molar-refractivity contribution in [3.8, 4) is 0 Å². The Morgan fingerprint density at radius 3 is 2.47 bits per heavy atom. The summed E-state index contributed by atoms with van der Waals surface area (Å²) in [6, 6.07) is 15.4. The lowest BCUT2D eigenvalue weighted by molar-refractivity contribution is -0.137. The highest BCUT2D eigenvalue weighted by Crippen LogP contribution is 2.31. The van der Waals surface area contributed by atoms with Crippen LogP contribution in [0.25, 0.3) is 10.9 Å². The van der Waals surface area contributed by atoms with Crippen LogP contribution in [0.5, 0.6) is 0 Å². The van der Waals surface area contributed by atoms with Crippen molar-refractivity contribution in [2.45, 2.75) is 32.2 Å². The number of piperazine rings is 1. The standard InChI is InChI=1S/C26H29ClN4O2S/c27-20-4-3-5-21(16-20)29-12-14-30(15-13-29)24(32)19-10-8-18(9-11-19)17-31-25(33)22-6-1-2-7-23(22)28-26(31)34/h1-7,16,18-19H,8-15,17H2,(H,28,34). The van der Waals surface area contributed by atoms with Gasteiger partial charge in [-0.3, -0.25) is 14.2 Å². The van der Waals surface area contributed by atoms with Crippen molar-refractivity contribution in [3.05, 3.63) is 68.7 Å². The average molecular weight is 497 g/mol. The summed E-state index contributed by atoms with van der Waals surface area (Å²) in [6.45, 7) is 3.74. The van der Waals surface area contributed by atoms with E-state index in [1.165, 1.54) is 0 Å². The Kier molecular flexibility index (Phi) is 6.75. The summed E-state index contributed by atoms with van der Waals surface area (Å²) < 4.78 is 2.17. The van der Waals surface area contributed by atoms with Gasteiger partial charge in [0.1, 0.15) is 0 Å². The molecule has 0 radical (unpaired) electrons. The molecule has 1 aliphatic heterocycles.